The lowest BCUT2D eigenvalue weighted by Crippen LogP contribution is -2.15. The SMILES string of the molecule is CCCOc1c(CC(C(=O)O)c2ccc(F)cc2)cccc1OC. The summed E-state index contributed by atoms with van der Waals surface area (Å²) in [6, 6.07) is 10.9. The Kier molecular flexibility index (Phi) is 6.18. The standard InChI is InChI=1S/C19H21FO4/c1-3-11-24-18-14(5-4-6-17(18)23-2)12-16(19(21)22)13-7-9-15(20)10-8-13/h4-10,16H,3,11-12H2,1-2H3,(H,21,22). The third kappa shape index (κ3) is 4.25. The number of rotatable bonds is 8. The van der Waals surface area contributed by atoms with Crippen molar-refractivity contribution < 1.29 is 23.8 Å². The highest BCUT2D eigenvalue weighted by Crippen LogP contribution is 2.34. The number of hydrogen-bond acceptors (Lipinski definition) is 3. The van der Waals surface area contributed by atoms with E-state index in [1.807, 2.05) is 13.0 Å². The number of benzene rings is 2. The minimum Gasteiger partial charge on any atom is -0.493 e. The largest absolute Gasteiger partial charge is 0.493 e. The fraction of sp³-hybridized carbons (Fsp3) is 0.316. The number of carboxylic acids is 1. The van der Waals surface area contributed by atoms with Gasteiger partial charge < -0.3 is 14.6 Å². The second-order valence-corrected chi connectivity index (χ2v) is 5.44. The van der Waals surface area contributed by atoms with Gasteiger partial charge in [-0.3, -0.25) is 4.79 Å². The Morgan fingerprint density at radius 3 is 2.50 bits per heavy atom. The van der Waals surface area contributed by atoms with Crippen molar-refractivity contribution in [1.82, 2.24) is 0 Å². The van der Waals surface area contributed by atoms with Gasteiger partial charge in [0.1, 0.15) is 5.82 Å². The second kappa shape index (κ2) is 8.34. The molecule has 24 heavy (non-hydrogen) atoms. The van der Waals surface area contributed by atoms with Crippen molar-refractivity contribution in [3.63, 3.8) is 0 Å². The van der Waals surface area contributed by atoms with Crippen LogP contribution in [0.25, 0.3) is 0 Å². The van der Waals surface area contributed by atoms with E-state index in [1.165, 1.54) is 24.3 Å². The van der Waals surface area contributed by atoms with E-state index in [9.17, 15) is 14.3 Å². The molecule has 5 heteroatoms. The average molecular weight is 332 g/mol. The van der Waals surface area contributed by atoms with Gasteiger partial charge in [-0.2, -0.15) is 0 Å². The van der Waals surface area contributed by atoms with Crippen LogP contribution >= 0.6 is 0 Å². The fourth-order valence-electron chi connectivity index (χ4n) is 2.51. The lowest BCUT2D eigenvalue weighted by molar-refractivity contribution is -0.138. The first-order valence-electron chi connectivity index (χ1n) is 7.83. The third-order valence-corrected chi connectivity index (χ3v) is 3.73. The summed E-state index contributed by atoms with van der Waals surface area (Å²) in [5, 5.41) is 9.58. The summed E-state index contributed by atoms with van der Waals surface area (Å²) in [6.07, 6.45) is 1.06. The predicted molar refractivity (Wildman–Crippen MR) is 89.3 cm³/mol. The summed E-state index contributed by atoms with van der Waals surface area (Å²) in [5.74, 6) is -1.01. The van der Waals surface area contributed by atoms with Crippen molar-refractivity contribution in [3.05, 3.63) is 59.4 Å². The second-order valence-electron chi connectivity index (χ2n) is 5.44. The zero-order chi connectivity index (χ0) is 17.5. The van der Waals surface area contributed by atoms with Gasteiger partial charge in [0, 0.05) is 0 Å². The smallest absolute Gasteiger partial charge is 0.311 e. The molecule has 0 saturated heterocycles. The van der Waals surface area contributed by atoms with Gasteiger partial charge in [-0.1, -0.05) is 31.2 Å². The summed E-state index contributed by atoms with van der Waals surface area (Å²) in [7, 11) is 1.55. The molecule has 0 heterocycles. The van der Waals surface area contributed by atoms with Crippen molar-refractivity contribution in [2.24, 2.45) is 0 Å². The van der Waals surface area contributed by atoms with Crippen LogP contribution < -0.4 is 9.47 Å². The van der Waals surface area contributed by atoms with E-state index in [0.717, 1.165) is 12.0 Å². The van der Waals surface area contributed by atoms with E-state index in [2.05, 4.69) is 0 Å². The van der Waals surface area contributed by atoms with Crippen LogP contribution in [0.5, 0.6) is 11.5 Å². The molecule has 0 radical (unpaired) electrons. The minimum atomic E-state index is -0.967. The third-order valence-electron chi connectivity index (χ3n) is 3.73. The van der Waals surface area contributed by atoms with E-state index < -0.39 is 17.7 Å². The molecule has 0 amide bonds. The van der Waals surface area contributed by atoms with E-state index >= 15 is 0 Å². The normalized spacial score (nSPS) is 11.8. The Hall–Kier alpha value is -2.56. The van der Waals surface area contributed by atoms with Gasteiger partial charge in [0.25, 0.3) is 0 Å². The van der Waals surface area contributed by atoms with Crippen molar-refractivity contribution in [2.75, 3.05) is 13.7 Å². The topological polar surface area (TPSA) is 55.8 Å². The molecule has 0 aromatic heterocycles. The molecule has 0 fully saturated rings. The van der Waals surface area contributed by atoms with Crippen LogP contribution in [-0.2, 0) is 11.2 Å². The van der Waals surface area contributed by atoms with Crippen LogP contribution in [0, 0.1) is 5.82 Å². The summed E-state index contributed by atoms with van der Waals surface area (Å²) >= 11 is 0. The molecule has 4 nitrogen and oxygen atoms in total. The summed E-state index contributed by atoms with van der Waals surface area (Å²) in [5.41, 5.74) is 1.30. The van der Waals surface area contributed by atoms with Gasteiger partial charge in [-0.15, -0.1) is 0 Å². The molecule has 2 aromatic carbocycles. The van der Waals surface area contributed by atoms with Crippen molar-refractivity contribution >= 4 is 5.97 Å². The number of halogens is 1. The molecule has 128 valence electrons. The van der Waals surface area contributed by atoms with Gasteiger partial charge in [-0.25, -0.2) is 4.39 Å². The number of methoxy groups -OCH3 is 1. The number of aliphatic carboxylic acids is 1. The van der Waals surface area contributed by atoms with Gasteiger partial charge in [-0.05, 0) is 42.2 Å². The number of ether oxygens (including phenoxy) is 2. The van der Waals surface area contributed by atoms with E-state index in [1.54, 1.807) is 19.2 Å². The van der Waals surface area contributed by atoms with E-state index in [-0.39, 0.29) is 6.42 Å². The maximum absolute atomic E-state index is 13.1. The molecule has 2 aromatic rings. The first-order chi connectivity index (χ1) is 11.6. The maximum Gasteiger partial charge on any atom is 0.311 e. The highest BCUT2D eigenvalue weighted by molar-refractivity contribution is 5.76. The number of para-hydroxylation sites is 1. The monoisotopic (exact) mass is 332 g/mol. The average Bonchev–Trinajstić information content (AvgIpc) is 2.58. The highest BCUT2D eigenvalue weighted by atomic mass is 19.1. The van der Waals surface area contributed by atoms with Gasteiger partial charge in [0.2, 0.25) is 0 Å². The molecule has 1 unspecified atom stereocenters. The quantitative estimate of drug-likeness (QED) is 0.793. The zero-order valence-corrected chi connectivity index (χ0v) is 13.8. The first kappa shape index (κ1) is 17.8. The van der Waals surface area contributed by atoms with E-state index in [0.29, 0.717) is 23.7 Å². The zero-order valence-electron chi connectivity index (χ0n) is 13.8. The summed E-state index contributed by atoms with van der Waals surface area (Å²) in [6.45, 7) is 2.51. The van der Waals surface area contributed by atoms with Crippen LogP contribution in [0.3, 0.4) is 0 Å². The molecule has 0 aliphatic rings. The molecule has 0 spiro atoms. The van der Waals surface area contributed by atoms with Crippen molar-refractivity contribution in [1.29, 1.82) is 0 Å². The molecule has 0 aliphatic heterocycles. The highest BCUT2D eigenvalue weighted by Gasteiger charge is 2.23. The first-order valence-corrected chi connectivity index (χ1v) is 7.83. The molecular weight excluding hydrogens is 311 g/mol. The molecular formula is C19H21FO4. The van der Waals surface area contributed by atoms with Gasteiger partial charge in [0.15, 0.2) is 11.5 Å². The van der Waals surface area contributed by atoms with Gasteiger partial charge >= 0.3 is 5.97 Å². The lowest BCUT2D eigenvalue weighted by Gasteiger charge is -2.18. The van der Waals surface area contributed by atoms with Crippen LogP contribution in [-0.4, -0.2) is 24.8 Å². The Balaban J connectivity index is 2.35. The van der Waals surface area contributed by atoms with Crippen LogP contribution in [0.4, 0.5) is 4.39 Å². The van der Waals surface area contributed by atoms with Crippen molar-refractivity contribution in [3.8, 4) is 11.5 Å². The molecule has 0 bridgehead atoms. The van der Waals surface area contributed by atoms with Crippen LogP contribution in [0.15, 0.2) is 42.5 Å². The summed E-state index contributed by atoms with van der Waals surface area (Å²) < 4.78 is 24.2. The van der Waals surface area contributed by atoms with Gasteiger partial charge in [0.05, 0.1) is 19.6 Å². The Labute approximate surface area is 140 Å². The molecule has 0 aliphatic carbocycles. The molecule has 2 rings (SSSR count). The van der Waals surface area contributed by atoms with Crippen LogP contribution in [0.1, 0.15) is 30.4 Å². The van der Waals surface area contributed by atoms with E-state index in [4.69, 9.17) is 9.47 Å². The fourth-order valence-corrected chi connectivity index (χ4v) is 2.51. The Morgan fingerprint density at radius 1 is 1.21 bits per heavy atom. The number of hydrogen-bond donors (Lipinski definition) is 1. The number of carbonyl (C=O) groups is 1. The Morgan fingerprint density at radius 2 is 1.92 bits per heavy atom. The predicted octanol–water partition coefficient (Wildman–Crippen LogP) is 4.03. The van der Waals surface area contributed by atoms with Crippen molar-refractivity contribution in [2.45, 2.75) is 25.7 Å². The maximum atomic E-state index is 13.1. The minimum absolute atomic E-state index is 0.233. The lowest BCUT2D eigenvalue weighted by atomic mass is 9.91. The molecule has 1 N–H and O–H groups in total. The molecule has 0 saturated carbocycles. The molecule has 1 atom stereocenters. The Bertz CT molecular complexity index is 682. The number of carboxylic acid groups (broad SMARTS) is 1. The summed E-state index contributed by atoms with van der Waals surface area (Å²) in [4.78, 5) is 11.7. The van der Waals surface area contributed by atoms with Crippen LogP contribution in [0.2, 0.25) is 0 Å².